The summed E-state index contributed by atoms with van der Waals surface area (Å²) in [4.78, 5) is 35.6. The summed E-state index contributed by atoms with van der Waals surface area (Å²) in [5.74, 6) is -1.23. The molecule has 2 aromatic carbocycles. The Hall–Kier alpha value is -2.58. The average Bonchev–Trinajstić information content (AvgIpc) is 2.63. The van der Waals surface area contributed by atoms with Gasteiger partial charge in [0, 0.05) is 28.2 Å². The Kier molecular flexibility index (Phi) is 5.38. The van der Waals surface area contributed by atoms with E-state index in [9.17, 15) is 19.5 Å². The van der Waals surface area contributed by atoms with Crippen LogP contribution in [-0.4, -0.2) is 33.2 Å². The Balaban J connectivity index is 1.77. The van der Waals surface area contributed by atoms with Crippen molar-refractivity contribution in [2.45, 2.75) is 18.3 Å². The molecule has 0 bridgehead atoms. The molecule has 2 unspecified atom stereocenters. The monoisotopic (exact) mass is 451 g/mol. The Morgan fingerprint density at radius 1 is 1.19 bits per heavy atom. The van der Waals surface area contributed by atoms with Crippen LogP contribution in [0.4, 0.5) is 5.69 Å². The fourth-order valence-corrected chi connectivity index (χ4v) is 3.45. The second kappa shape index (κ2) is 7.58. The molecule has 3 amide bonds. The first kappa shape index (κ1) is 19.2. The van der Waals surface area contributed by atoms with Crippen molar-refractivity contribution in [3.8, 4) is 5.75 Å². The van der Waals surface area contributed by atoms with Gasteiger partial charge in [-0.1, -0.05) is 15.9 Å². The average molecular weight is 453 g/mol. The summed E-state index contributed by atoms with van der Waals surface area (Å²) in [6.07, 6.45) is 0. The molecule has 0 aliphatic carbocycles. The van der Waals surface area contributed by atoms with Gasteiger partial charge in [0.2, 0.25) is 5.91 Å². The third kappa shape index (κ3) is 3.91. The van der Waals surface area contributed by atoms with Crippen LogP contribution in [0.1, 0.15) is 28.9 Å². The molecule has 0 saturated carbocycles. The van der Waals surface area contributed by atoms with E-state index in [2.05, 4.69) is 26.7 Å². The first-order valence-electron chi connectivity index (χ1n) is 7.92. The Bertz CT molecular complexity index is 919. The minimum absolute atomic E-state index is 0.0275. The highest BCUT2D eigenvalue weighted by molar-refractivity contribution is 9.10. The highest BCUT2D eigenvalue weighted by atomic mass is 79.9. The van der Waals surface area contributed by atoms with Crippen LogP contribution in [0.25, 0.3) is 0 Å². The van der Waals surface area contributed by atoms with E-state index in [4.69, 9.17) is 11.6 Å². The van der Waals surface area contributed by atoms with Crippen LogP contribution in [0, 0.1) is 0 Å². The van der Waals surface area contributed by atoms with E-state index >= 15 is 0 Å². The molecule has 1 saturated heterocycles. The molecule has 140 valence electrons. The van der Waals surface area contributed by atoms with Crippen molar-refractivity contribution in [2.75, 3.05) is 5.32 Å². The van der Waals surface area contributed by atoms with Gasteiger partial charge in [-0.25, -0.2) is 5.01 Å². The number of hydrogen-bond acceptors (Lipinski definition) is 4. The summed E-state index contributed by atoms with van der Waals surface area (Å²) >= 11 is 9.42. The van der Waals surface area contributed by atoms with Crippen LogP contribution < -0.4 is 10.7 Å². The smallest absolute Gasteiger partial charge is 0.269 e. The van der Waals surface area contributed by atoms with E-state index in [0.29, 0.717) is 21.3 Å². The zero-order valence-corrected chi connectivity index (χ0v) is 16.4. The summed E-state index contributed by atoms with van der Waals surface area (Å²) in [5.41, 5.74) is 3.79. The van der Waals surface area contributed by atoms with E-state index < -0.39 is 23.2 Å². The maximum Gasteiger partial charge on any atom is 0.269 e. The zero-order chi connectivity index (χ0) is 19.7. The predicted octanol–water partition coefficient (Wildman–Crippen LogP) is 2.95. The van der Waals surface area contributed by atoms with Crippen molar-refractivity contribution in [3.63, 3.8) is 0 Å². The van der Waals surface area contributed by atoms with Crippen LogP contribution >= 0.6 is 27.5 Å². The van der Waals surface area contributed by atoms with Crippen molar-refractivity contribution >= 4 is 50.9 Å². The highest BCUT2D eigenvalue weighted by Crippen LogP contribution is 2.41. The van der Waals surface area contributed by atoms with Gasteiger partial charge in [-0.15, -0.1) is 11.6 Å². The molecule has 0 radical (unpaired) electrons. The molecule has 27 heavy (non-hydrogen) atoms. The van der Waals surface area contributed by atoms with Gasteiger partial charge in [0.25, 0.3) is 11.8 Å². The fourth-order valence-electron chi connectivity index (χ4n) is 2.72. The summed E-state index contributed by atoms with van der Waals surface area (Å²) in [5, 5.41) is 12.9. The van der Waals surface area contributed by atoms with E-state index in [1.54, 1.807) is 24.3 Å². The largest absolute Gasteiger partial charge is 0.508 e. The normalized spacial score (nSPS) is 18.6. The van der Waals surface area contributed by atoms with Crippen molar-refractivity contribution < 1.29 is 19.5 Å². The van der Waals surface area contributed by atoms with Crippen molar-refractivity contribution in [1.29, 1.82) is 0 Å². The molecule has 7 nitrogen and oxygen atoms in total. The quantitative estimate of drug-likeness (QED) is 0.491. The number of benzene rings is 2. The van der Waals surface area contributed by atoms with Crippen LogP contribution in [0.3, 0.4) is 0 Å². The lowest BCUT2D eigenvalue weighted by Gasteiger charge is -2.44. The Morgan fingerprint density at radius 3 is 2.48 bits per heavy atom. The topological polar surface area (TPSA) is 98.7 Å². The molecule has 2 atom stereocenters. The SMILES string of the molecule is CC(=O)Nc1ccc(C(=O)NN2C(=O)C(Cl)C2c2cc(Br)ccc2O)cc1. The minimum Gasteiger partial charge on any atom is -0.508 e. The van der Waals surface area contributed by atoms with Gasteiger partial charge in [0.1, 0.15) is 17.2 Å². The van der Waals surface area contributed by atoms with E-state index in [1.165, 1.54) is 25.1 Å². The van der Waals surface area contributed by atoms with Crippen molar-refractivity contribution in [2.24, 2.45) is 0 Å². The third-order valence-corrected chi connectivity index (χ3v) is 4.95. The molecular weight excluding hydrogens is 438 g/mol. The Morgan fingerprint density at radius 2 is 1.85 bits per heavy atom. The summed E-state index contributed by atoms with van der Waals surface area (Å²) in [6, 6.07) is 10.3. The maximum atomic E-state index is 12.5. The van der Waals surface area contributed by atoms with Crippen LogP contribution in [0.2, 0.25) is 0 Å². The molecule has 3 rings (SSSR count). The maximum absolute atomic E-state index is 12.5. The number of carbonyl (C=O) groups is 3. The van der Waals surface area contributed by atoms with Gasteiger partial charge in [-0.3, -0.25) is 19.8 Å². The molecule has 1 aliphatic heterocycles. The summed E-state index contributed by atoms with van der Waals surface area (Å²) in [6.45, 7) is 1.39. The van der Waals surface area contributed by atoms with E-state index in [-0.39, 0.29) is 11.7 Å². The molecular formula is C18H15BrClN3O4. The lowest BCUT2D eigenvalue weighted by atomic mass is 9.94. The Labute approximate surface area is 168 Å². The number of carbonyl (C=O) groups excluding carboxylic acids is 3. The number of aromatic hydroxyl groups is 1. The van der Waals surface area contributed by atoms with Crippen LogP contribution in [-0.2, 0) is 9.59 Å². The van der Waals surface area contributed by atoms with Crippen molar-refractivity contribution in [1.82, 2.24) is 10.4 Å². The van der Waals surface area contributed by atoms with Gasteiger partial charge in [-0.2, -0.15) is 0 Å². The van der Waals surface area contributed by atoms with Gasteiger partial charge >= 0.3 is 0 Å². The molecule has 1 fully saturated rings. The number of phenols is 1. The highest BCUT2D eigenvalue weighted by Gasteiger charge is 2.49. The zero-order valence-electron chi connectivity index (χ0n) is 14.1. The van der Waals surface area contributed by atoms with Gasteiger partial charge < -0.3 is 10.4 Å². The lowest BCUT2D eigenvalue weighted by molar-refractivity contribution is -0.149. The fraction of sp³-hybridized carbons (Fsp3) is 0.167. The molecule has 1 heterocycles. The number of nitrogens with zero attached hydrogens (tertiary/aromatic N) is 1. The predicted molar refractivity (Wildman–Crippen MR) is 103 cm³/mol. The minimum atomic E-state index is -0.896. The number of phenolic OH excluding ortho intramolecular Hbond substituents is 1. The number of nitrogens with one attached hydrogen (secondary N) is 2. The molecule has 0 spiro atoms. The summed E-state index contributed by atoms with van der Waals surface area (Å²) < 4.78 is 0.707. The number of hydrogen-bond donors (Lipinski definition) is 3. The standard InChI is InChI=1S/C18H15BrClN3O4/c1-9(24)21-12-5-2-10(3-6-12)17(26)22-23-16(15(20)18(23)27)13-8-11(19)4-7-14(13)25/h2-8,15-16,25H,1H3,(H,21,24)(H,22,26). The van der Waals surface area contributed by atoms with Crippen LogP contribution in [0.15, 0.2) is 46.9 Å². The number of amides is 3. The number of anilines is 1. The molecule has 1 aliphatic rings. The molecule has 9 heteroatoms. The number of hydrazine groups is 1. The van der Waals surface area contributed by atoms with Gasteiger partial charge in [-0.05, 0) is 42.5 Å². The first-order valence-corrected chi connectivity index (χ1v) is 9.15. The van der Waals surface area contributed by atoms with Gasteiger partial charge in [0.05, 0.1) is 0 Å². The number of alkyl halides is 1. The molecule has 2 aromatic rings. The lowest BCUT2D eigenvalue weighted by Crippen LogP contribution is -2.63. The number of β-lactam (4-membered cyclic amide) rings is 1. The first-order chi connectivity index (χ1) is 12.8. The van der Waals surface area contributed by atoms with Gasteiger partial charge in [0.15, 0.2) is 0 Å². The number of rotatable bonds is 4. The van der Waals surface area contributed by atoms with E-state index in [1.807, 2.05) is 0 Å². The summed E-state index contributed by atoms with van der Waals surface area (Å²) in [7, 11) is 0. The molecule has 3 N–H and O–H groups in total. The molecule has 0 aromatic heterocycles. The second-order valence-corrected chi connectivity index (χ2v) is 7.34. The number of halogens is 2. The van der Waals surface area contributed by atoms with Crippen molar-refractivity contribution in [3.05, 3.63) is 58.1 Å². The third-order valence-electron chi connectivity index (χ3n) is 4.03. The second-order valence-electron chi connectivity index (χ2n) is 5.96. The van der Waals surface area contributed by atoms with Crippen LogP contribution in [0.5, 0.6) is 5.75 Å². The van der Waals surface area contributed by atoms with E-state index in [0.717, 1.165) is 5.01 Å².